The molecule has 0 spiro atoms. The second-order valence-electron chi connectivity index (χ2n) is 7.57. The Labute approximate surface area is 176 Å². The van der Waals surface area contributed by atoms with Crippen LogP contribution in [0.2, 0.25) is 0 Å². The maximum atomic E-state index is 5.04. The Morgan fingerprint density at radius 2 is 1.70 bits per heavy atom. The fraction of sp³-hybridized carbons (Fsp3) is 0.250. The van der Waals surface area contributed by atoms with Gasteiger partial charge in [0.05, 0.1) is 5.52 Å². The van der Waals surface area contributed by atoms with Crippen LogP contribution in [0.3, 0.4) is 0 Å². The van der Waals surface area contributed by atoms with Gasteiger partial charge in [-0.3, -0.25) is 9.88 Å². The first-order chi connectivity index (χ1) is 14.9. The SMILES string of the molecule is c1ccc(CCN2CCN(c3ccc4cccc(-c5cncnc5)c4n3)CC2)nc1. The summed E-state index contributed by atoms with van der Waals surface area (Å²) in [6, 6.07) is 16.7. The van der Waals surface area contributed by atoms with Gasteiger partial charge in [-0.15, -0.1) is 0 Å². The van der Waals surface area contributed by atoms with Crippen molar-refractivity contribution in [3.8, 4) is 11.1 Å². The number of fused-ring (bicyclic) bond motifs is 1. The van der Waals surface area contributed by atoms with Crippen LogP contribution < -0.4 is 4.90 Å². The Hall–Kier alpha value is -3.38. The Morgan fingerprint density at radius 1 is 0.833 bits per heavy atom. The summed E-state index contributed by atoms with van der Waals surface area (Å²) in [6.45, 7) is 5.10. The van der Waals surface area contributed by atoms with Crippen LogP contribution >= 0.6 is 0 Å². The molecule has 0 saturated carbocycles. The number of rotatable bonds is 5. The smallest absolute Gasteiger partial charge is 0.129 e. The highest BCUT2D eigenvalue weighted by molar-refractivity contribution is 5.94. The van der Waals surface area contributed by atoms with Gasteiger partial charge in [0.25, 0.3) is 0 Å². The number of hydrogen-bond donors (Lipinski definition) is 0. The molecule has 4 aromatic rings. The highest BCUT2D eigenvalue weighted by Crippen LogP contribution is 2.28. The average molecular weight is 396 g/mol. The third-order valence-corrected chi connectivity index (χ3v) is 5.68. The molecule has 1 aliphatic rings. The van der Waals surface area contributed by atoms with Crippen LogP contribution in [0.5, 0.6) is 0 Å². The first-order valence-corrected chi connectivity index (χ1v) is 10.4. The summed E-state index contributed by atoms with van der Waals surface area (Å²) in [7, 11) is 0. The molecule has 6 nitrogen and oxygen atoms in total. The summed E-state index contributed by atoms with van der Waals surface area (Å²) < 4.78 is 0. The van der Waals surface area contributed by atoms with Gasteiger partial charge >= 0.3 is 0 Å². The Balaban J connectivity index is 1.30. The van der Waals surface area contributed by atoms with Crippen LogP contribution in [0.1, 0.15) is 5.69 Å². The highest BCUT2D eigenvalue weighted by Gasteiger charge is 2.18. The minimum absolute atomic E-state index is 0.983. The second kappa shape index (κ2) is 8.55. The average Bonchev–Trinajstić information content (AvgIpc) is 2.83. The topological polar surface area (TPSA) is 58.0 Å². The molecule has 150 valence electrons. The van der Waals surface area contributed by atoms with E-state index in [1.165, 1.54) is 0 Å². The maximum Gasteiger partial charge on any atom is 0.129 e. The molecule has 0 bridgehead atoms. The normalized spacial score (nSPS) is 14.9. The number of pyridine rings is 2. The van der Waals surface area contributed by atoms with Crippen LogP contribution in [-0.2, 0) is 6.42 Å². The van der Waals surface area contributed by atoms with Crippen LogP contribution in [0.15, 0.2) is 73.4 Å². The summed E-state index contributed by atoms with van der Waals surface area (Å²) in [4.78, 5) is 22.7. The van der Waals surface area contributed by atoms with Crippen LogP contribution in [0.25, 0.3) is 22.0 Å². The lowest BCUT2D eigenvalue weighted by Gasteiger charge is -2.35. The number of benzene rings is 1. The van der Waals surface area contributed by atoms with Gasteiger partial charge < -0.3 is 4.90 Å². The van der Waals surface area contributed by atoms with Gasteiger partial charge in [-0.05, 0) is 24.3 Å². The third-order valence-electron chi connectivity index (χ3n) is 5.68. The van der Waals surface area contributed by atoms with E-state index in [4.69, 9.17) is 4.98 Å². The van der Waals surface area contributed by atoms with Crippen molar-refractivity contribution in [2.24, 2.45) is 0 Å². The summed E-state index contributed by atoms with van der Waals surface area (Å²) in [5.41, 5.74) is 4.23. The van der Waals surface area contributed by atoms with Gasteiger partial charge in [0.2, 0.25) is 0 Å². The molecule has 30 heavy (non-hydrogen) atoms. The van der Waals surface area contributed by atoms with E-state index in [2.05, 4.69) is 67.2 Å². The van der Waals surface area contributed by atoms with Crippen molar-refractivity contribution < 1.29 is 0 Å². The fourth-order valence-corrected chi connectivity index (χ4v) is 4.00. The zero-order chi connectivity index (χ0) is 20.2. The van der Waals surface area contributed by atoms with Crippen molar-refractivity contribution in [3.05, 3.63) is 79.1 Å². The molecule has 0 amide bonds. The standard InChI is InChI=1S/C24H24N6/c1-2-10-27-21(5-1)9-11-29-12-14-30(15-13-29)23-8-7-19-4-3-6-22(24(19)28-23)20-16-25-18-26-17-20/h1-8,10,16-18H,9,11-15H2. The van der Waals surface area contributed by atoms with Gasteiger partial charge in [-0.2, -0.15) is 0 Å². The first kappa shape index (κ1) is 18.6. The van der Waals surface area contributed by atoms with Crippen LogP contribution in [0, 0.1) is 0 Å². The van der Waals surface area contributed by atoms with Gasteiger partial charge in [-0.1, -0.05) is 24.3 Å². The molecule has 0 unspecified atom stereocenters. The van der Waals surface area contributed by atoms with Gasteiger partial charge in [0.1, 0.15) is 12.1 Å². The van der Waals surface area contributed by atoms with Crippen molar-refractivity contribution >= 4 is 16.7 Å². The predicted molar refractivity (Wildman–Crippen MR) is 119 cm³/mol. The molecule has 0 N–H and O–H groups in total. The van der Waals surface area contributed by atoms with E-state index >= 15 is 0 Å². The summed E-state index contributed by atoms with van der Waals surface area (Å²) in [6.07, 6.45) is 8.11. The molecular weight excluding hydrogens is 372 g/mol. The van der Waals surface area contributed by atoms with Crippen LogP contribution in [-0.4, -0.2) is 57.6 Å². The molecule has 3 aromatic heterocycles. The van der Waals surface area contributed by atoms with Crippen molar-refractivity contribution in [1.29, 1.82) is 0 Å². The van der Waals surface area contributed by atoms with E-state index in [0.717, 1.165) is 72.7 Å². The molecule has 0 aliphatic carbocycles. The van der Waals surface area contributed by atoms with E-state index in [1.807, 2.05) is 24.7 Å². The minimum Gasteiger partial charge on any atom is -0.354 e. The summed E-state index contributed by atoms with van der Waals surface area (Å²) >= 11 is 0. The van der Waals surface area contributed by atoms with E-state index in [1.54, 1.807) is 6.33 Å². The van der Waals surface area contributed by atoms with Crippen molar-refractivity contribution in [3.63, 3.8) is 0 Å². The number of nitrogens with zero attached hydrogens (tertiary/aromatic N) is 6. The first-order valence-electron chi connectivity index (χ1n) is 10.4. The zero-order valence-electron chi connectivity index (χ0n) is 16.9. The summed E-state index contributed by atoms with van der Waals surface area (Å²) in [5, 5.41) is 1.13. The molecule has 1 saturated heterocycles. The fourth-order valence-electron chi connectivity index (χ4n) is 4.00. The Kier molecular flexibility index (Phi) is 5.31. The van der Waals surface area contributed by atoms with Crippen molar-refractivity contribution in [2.75, 3.05) is 37.6 Å². The predicted octanol–water partition coefficient (Wildman–Crippen LogP) is 3.45. The number of para-hydroxylation sites is 1. The Morgan fingerprint density at radius 3 is 2.50 bits per heavy atom. The largest absolute Gasteiger partial charge is 0.354 e. The van der Waals surface area contributed by atoms with Crippen molar-refractivity contribution in [1.82, 2.24) is 24.8 Å². The molecule has 6 heteroatoms. The van der Waals surface area contributed by atoms with E-state index in [-0.39, 0.29) is 0 Å². The quantitative estimate of drug-likeness (QED) is 0.515. The molecule has 0 atom stereocenters. The molecule has 0 radical (unpaired) electrons. The lowest BCUT2D eigenvalue weighted by Crippen LogP contribution is -2.47. The molecular formula is C24H24N6. The monoisotopic (exact) mass is 396 g/mol. The Bertz CT molecular complexity index is 1110. The van der Waals surface area contributed by atoms with Gasteiger partial charge in [0.15, 0.2) is 0 Å². The maximum absolute atomic E-state index is 5.04. The molecule has 5 rings (SSSR count). The minimum atomic E-state index is 0.983. The number of anilines is 1. The molecule has 1 fully saturated rings. The molecule has 1 aliphatic heterocycles. The number of piperazine rings is 1. The lowest BCUT2D eigenvalue weighted by molar-refractivity contribution is 0.260. The molecule has 4 heterocycles. The lowest BCUT2D eigenvalue weighted by atomic mass is 10.0. The van der Waals surface area contributed by atoms with Gasteiger partial charge in [-0.25, -0.2) is 15.0 Å². The van der Waals surface area contributed by atoms with E-state index in [9.17, 15) is 0 Å². The van der Waals surface area contributed by atoms with E-state index in [0.29, 0.717) is 0 Å². The van der Waals surface area contributed by atoms with Crippen molar-refractivity contribution in [2.45, 2.75) is 6.42 Å². The van der Waals surface area contributed by atoms with E-state index < -0.39 is 0 Å². The number of aromatic nitrogens is 4. The third kappa shape index (κ3) is 4.00. The van der Waals surface area contributed by atoms with Crippen LogP contribution in [0.4, 0.5) is 5.82 Å². The molecule has 1 aromatic carbocycles. The van der Waals surface area contributed by atoms with Gasteiger partial charge in [0, 0.05) is 79.9 Å². The second-order valence-corrected chi connectivity index (χ2v) is 7.57. The summed E-state index contributed by atoms with van der Waals surface area (Å²) in [5.74, 6) is 1.04. The highest BCUT2D eigenvalue weighted by atomic mass is 15.3. The number of hydrogen-bond acceptors (Lipinski definition) is 6. The zero-order valence-corrected chi connectivity index (χ0v) is 16.9.